The molecule has 0 radical (unpaired) electrons. The SMILES string of the molecule is Cc1ccn2cc(-c3ccc(NC(=O)c4ccc(C#N)cc4)cc3)nc2c1. The van der Waals surface area contributed by atoms with Gasteiger partial charge in [-0.05, 0) is 61.0 Å². The third-order valence-corrected chi connectivity index (χ3v) is 4.33. The van der Waals surface area contributed by atoms with Crippen molar-refractivity contribution >= 4 is 17.2 Å². The van der Waals surface area contributed by atoms with Gasteiger partial charge in [0.1, 0.15) is 5.65 Å². The van der Waals surface area contributed by atoms with Crippen LogP contribution >= 0.6 is 0 Å². The Bertz CT molecular complexity index is 1170. The van der Waals surface area contributed by atoms with Gasteiger partial charge in [-0.3, -0.25) is 4.79 Å². The van der Waals surface area contributed by atoms with Crippen molar-refractivity contribution in [2.24, 2.45) is 0 Å². The van der Waals surface area contributed by atoms with Crippen LogP contribution < -0.4 is 5.32 Å². The second kappa shape index (κ2) is 6.77. The summed E-state index contributed by atoms with van der Waals surface area (Å²) in [4.78, 5) is 17.0. The molecule has 0 fully saturated rings. The molecule has 4 aromatic rings. The summed E-state index contributed by atoms with van der Waals surface area (Å²) in [5.74, 6) is -0.213. The first-order valence-electron chi connectivity index (χ1n) is 8.50. The number of amides is 1. The highest BCUT2D eigenvalue weighted by Gasteiger charge is 2.08. The minimum absolute atomic E-state index is 0.213. The quantitative estimate of drug-likeness (QED) is 0.593. The lowest BCUT2D eigenvalue weighted by Crippen LogP contribution is -2.11. The predicted octanol–water partition coefficient (Wildman–Crippen LogP) is 4.43. The molecular weight excluding hydrogens is 336 g/mol. The summed E-state index contributed by atoms with van der Waals surface area (Å²) in [6.07, 6.45) is 3.98. The summed E-state index contributed by atoms with van der Waals surface area (Å²) in [6.45, 7) is 2.04. The topological polar surface area (TPSA) is 70.2 Å². The first-order valence-corrected chi connectivity index (χ1v) is 8.50. The van der Waals surface area contributed by atoms with Gasteiger partial charge in [0, 0.05) is 29.2 Å². The Labute approximate surface area is 156 Å². The molecule has 130 valence electrons. The molecule has 1 amide bonds. The number of aromatic nitrogens is 2. The maximum absolute atomic E-state index is 12.3. The third kappa shape index (κ3) is 3.42. The van der Waals surface area contributed by atoms with Gasteiger partial charge in [-0.1, -0.05) is 12.1 Å². The highest BCUT2D eigenvalue weighted by molar-refractivity contribution is 6.04. The number of hydrogen-bond donors (Lipinski definition) is 1. The number of carbonyl (C=O) groups is 1. The highest BCUT2D eigenvalue weighted by atomic mass is 16.1. The van der Waals surface area contributed by atoms with E-state index < -0.39 is 0 Å². The van der Waals surface area contributed by atoms with Crippen LogP contribution in [0, 0.1) is 18.3 Å². The van der Waals surface area contributed by atoms with Gasteiger partial charge in [0.2, 0.25) is 0 Å². The Balaban J connectivity index is 1.52. The number of nitrogens with one attached hydrogen (secondary N) is 1. The Hall–Kier alpha value is -3.91. The van der Waals surface area contributed by atoms with Gasteiger partial charge in [-0.15, -0.1) is 0 Å². The Morgan fingerprint density at radius 3 is 2.52 bits per heavy atom. The zero-order valence-corrected chi connectivity index (χ0v) is 14.7. The van der Waals surface area contributed by atoms with Gasteiger partial charge in [-0.25, -0.2) is 4.98 Å². The molecule has 0 atom stereocenters. The van der Waals surface area contributed by atoms with Crippen molar-refractivity contribution in [3.8, 4) is 17.3 Å². The molecule has 2 aromatic heterocycles. The summed E-state index contributed by atoms with van der Waals surface area (Å²) >= 11 is 0. The van der Waals surface area contributed by atoms with Gasteiger partial charge >= 0.3 is 0 Å². The molecule has 0 aliphatic rings. The number of anilines is 1. The average Bonchev–Trinajstić information content (AvgIpc) is 3.11. The summed E-state index contributed by atoms with van der Waals surface area (Å²) < 4.78 is 1.99. The third-order valence-electron chi connectivity index (χ3n) is 4.33. The molecule has 0 aliphatic carbocycles. The number of rotatable bonds is 3. The highest BCUT2D eigenvalue weighted by Crippen LogP contribution is 2.22. The van der Waals surface area contributed by atoms with E-state index in [1.165, 1.54) is 5.56 Å². The van der Waals surface area contributed by atoms with E-state index in [4.69, 9.17) is 5.26 Å². The van der Waals surface area contributed by atoms with E-state index in [0.717, 1.165) is 16.9 Å². The van der Waals surface area contributed by atoms with E-state index in [2.05, 4.69) is 10.3 Å². The zero-order chi connectivity index (χ0) is 18.8. The second-order valence-electron chi connectivity index (χ2n) is 6.32. The molecule has 1 N–H and O–H groups in total. The maximum atomic E-state index is 12.3. The summed E-state index contributed by atoms with van der Waals surface area (Å²) in [5, 5.41) is 11.7. The van der Waals surface area contributed by atoms with Crippen molar-refractivity contribution in [2.45, 2.75) is 6.92 Å². The van der Waals surface area contributed by atoms with Gasteiger partial charge in [0.15, 0.2) is 0 Å². The van der Waals surface area contributed by atoms with Crippen molar-refractivity contribution in [3.05, 3.63) is 89.7 Å². The lowest BCUT2D eigenvalue weighted by molar-refractivity contribution is 0.102. The Kier molecular flexibility index (Phi) is 4.15. The lowest BCUT2D eigenvalue weighted by atomic mass is 10.1. The van der Waals surface area contributed by atoms with Crippen molar-refractivity contribution in [1.29, 1.82) is 5.26 Å². The van der Waals surface area contributed by atoms with Crippen LogP contribution in [0.5, 0.6) is 0 Å². The van der Waals surface area contributed by atoms with Crippen LogP contribution in [0.1, 0.15) is 21.5 Å². The fourth-order valence-electron chi connectivity index (χ4n) is 2.85. The molecule has 5 nitrogen and oxygen atoms in total. The van der Waals surface area contributed by atoms with E-state index in [1.54, 1.807) is 24.3 Å². The van der Waals surface area contributed by atoms with E-state index in [9.17, 15) is 4.79 Å². The number of imidazole rings is 1. The van der Waals surface area contributed by atoms with Crippen LogP contribution in [0.3, 0.4) is 0 Å². The molecule has 5 heteroatoms. The molecule has 2 aromatic carbocycles. The monoisotopic (exact) mass is 352 g/mol. The number of benzene rings is 2. The number of carbonyl (C=O) groups excluding carboxylic acids is 1. The number of nitriles is 1. The summed E-state index contributed by atoms with van der Waals surface area (Å²) in [7, 11) is 0. The predicted molar refractivity (Wildman–Crippen MR) is 104 cm³/mol. The van der Waals surface area contributed by atoms with Crippen LogP contribution in [-0.4, -0.2) is 15.3 Å². The van der Waals surface area contributed by atoms with Crippen LogP contribution in [0.4, 0.5) is 5.69 Å². The number of fused-ring (bicyclic) bond motifs is 1. The van der Waals surface area contributed by atoms with Gasteiger partial charge < -0.3 is 9.72 Å². The number of aryl methyl sites for hydroxylation is 1. The van der Waals surface area contributed by atoms with Crippen molar-refractivity contribution in [2.75, 3.05) is 5.32 Å². The fourth-order valence-corrected chi connectivity index (χ4v) is 2.85. The van der Waals surface area contributed by atoms with Crippen LogP contribution in [0.25, 0.3) is 16.9 Å². The zero-order valence-electron chi connectivity index (χ0n) is 14.7. The first kappa shape index (κ1) is 16.6. The van der Waals surface area contributed by atoms with Gasteiger partial charge in [0.05, 0.1) is 17.3 Å². The fraction of sp³-hybridized carbons (Fsp3) is 0.0455. The number of pyridine rings is 1. The van der Waals surface area contributed by atoms with Gasteiger partial charge in [0.25, 0.3) is 5.91 Å². The summed E-state index contributed by atoms with van der Waals surface area (Å²) in [6, 6.07) is 20.2. The number of hydrogen-bond acceptors (Lipinski definition) is 3. The molecule has 2 heterocycles. The van der Waals surface area contributed by atoms with E-state index in [0.29, 0.717) is 16.8 Å². The lowest BCUT2D eigenvalue weighted by Gasteiger charge is -2.06. The molecule has 4 rings (SSSR count). The molecule has 0 spiro atoms. The minimum atomic E-state index is -0.213. The molecule has 0 aliphatic heterocycles. The van der Waals surface area contributed by atoms with Crippen LogP contribution in [0.2, 0.25) is 0 Å². The Morgan fingerprint density at radius 1 is 1.07 bits per heavy atom. The molecular formula is C22H16N4O. The smallest absolute Gasteiger partial charge is 0.255 e. The molecule has 0 unspecified atom stereocenters. The second-order valence-corrected chi connectivity index (χ2v) is 6.32. The number of nitrogens with zero attached hydrogens (tertiary/aromatic N) is 3. The Morgan fingerprint density at radius 2 is 1.81 bits per heavy atom. The van der Waals surface area contributed by atoms with Crippen molar-refractivity contribution in [3.63, 3.8) is 0 Å². The normalized spacial score (nSPS) is 10.5. The minimum Gasteiger partial charge on any atom is -0.322 e. The molecule has 27 heavy (non-hydrogen) atoms. The van der Waals surface area contributed by atoms with E-state index >= 15 is 0 Å². The first-order chi connectivity index (χ1) is 13.1. The summed E-state index contributed by atoms with van der Waals surface area (Å²) in [5.41, 5.74) is 5.67. The average molecular weight is 352 g/mol. The van der Waals surface area contributed by atoms with Crippen molar-refractivity contribution in [1.82, 2.24) is 9.38 Å². The van der Waals surface area contributed by atoms with Crippen LogP contribution in [0.15, 0.2) is 73.1 Å². The van der Waals surface area contributed by atoms with Crippen LogP contribution in [-0.2, 0) is 0 Å². The van der Waals surface area contributed by atoms with Crippen molar-refractivity contribution < 1.29 is 4.79 Å². The largest absolute Gasteiger partial charge is 0.322 e. The van der Waals surface area contributed by atoms with E-state index in [-0.39, 0.29) is 5.91 Å². The maximum Gasteiger partial charge on any atom is 0.255 e. The molecule has 0 saturated carbocycles. The molecule has 0 saturated heterocycles. The standard InChI is InChI=1S/C22H16N4O/c1-15-10-11-26-14-20(25-21(26)12-15)17-6-8-19(9-7-17)24-22(27)18-4-2-16(13-23)3-5-18/h2-12,14H,1H3,(H,24,27). The molecule has 0 bridgehead atoms. The van der Waals surface area contributed by atoms with Gasteiger partial charge in [-0.2, -0.15) is 5.26 Å². The van der Waals surface area contributed by atoms with E-state index in [1.807, 2.05) is 66.2 Å².